The molecule has 0 aliphatic carbocycles. The number of carbonyl (C=O) groups excluding carboxylic acids is 11. The summed E-state index contributed by atoms with van der Waals surface area (Å²) in [5, 5.41) is 50.8. The van der Waals surface area contributed by atoms with Gasteiger partial charge in [-0.05, 0) is 117 Å². The molecule has 4 saturated heterocycles. The van der Waals surface area contributed by atoms with Gasteiger partial charge in [0.15, 0.2) is 18.0 Å². The molecule has 8 aliphatic rings. The third-order valence-electron chi connectivity index (χ3n) is 20.3. The molecule has 39 nitrogen and oxygen atoms in total. The fourth-order valence-electron chi connectivity index (χ4n) is 14.0. The second-order valence-corrected chi connectivity index (χ2v) is 33.7. The van der Waals surface area contributed by atoms with Crippen molar-refractivity contribution in [3.63, 3.8) is 0 Å². The summed E-state index contributed by atoms with van der Waals surface area (Å²) in [5.41, 5.74) is 5.82. The van der Waals surface area contributed by atoms with Crippen LogP contribution in [0.3, 0.4) is 0 Å². The van der Waals surface area contributed by atoms with Gasteiger partial charge in [0.05, 0.1) is 81.1 Å². The van der Waals surface area contributed by atoms with Gasteiger partial charge in [0.2, 0.25) is 11.4 Å². The van der Waals surface area contributed by atoms with E-state index in [0.29, 0.717) is 32.9 Å². The number of carboxylic acids is 1. The number of carbonyl (C=O) groups is 12. The molecule has 4 fully saturated rings. The smallest absolute Gasteiger partial charge is 0.748 e. The number of hydrazone groups is 2. The molecule has 123 heavy (non-hydrogen) atoms. The van der Waals surface area contributed by atoms with Crippen molar-refractivity contribution in [2.75, 3.05) is 37.7 Å². The van der Waals surface area contributed by atoms with Crippen LogP contribution >= 0.6 is 24.1 Å². The van der Waals surface area contributed by atoms with Crippen LogP contribution in [0.15, 0.2) is 129 Å². The normalized spacial score (nSPS) is 20.3. The quantitative estimate of drug-likeness (QED) is 0.00983. The molecule has 0 bridgehead atoms. The molecule has 2 aromatic rings. The number of fused-ring (bicyclic) bond motifs is 2. The largest absolute Gasteiger partial charge is 1.00 e. The van der Waals surface area contributed by atoms with E-state index < -0.39 is 119 Å². The Hall–Kier alpha value is -6.32. The maximum Gasteiger partial charge on any atom is 1.00 e. The second kappa shape index (κ2) is 49.3. The number of nitrogens with zero attached hydrogens (tertiary/aromatic N) is 10. The maximum absolute atomic E-state index is 12.8. The van der Waals surface area contributed by atoms with Crippen molar-refractivity contribution < 1.29 is 265 Å². The molecular formula is C76H92N10Na4O29S4+2. The van der Waals surface area contributed by atoms with Crippen LogP contribution in [0.4, 0.5) is 16.2 Å². The topological polar surface area (TPSA) is 510 Å². The molecule has 1 N–H and O–H groups in total. The number of amides is 8. The van der Waals surface area contributed by atoms with Gasteiger partial charge in [-0.15, -0.1) is 10.1 Å². The van der Waals surface area contributed by atoms with E-state index in [1.54, 1.807) is 53.4 Å². The predicted octanol–water partition coefficient (Wildman–Crippen LogP) is -5.58. The Labute approximate surface area is 808 Å². The zero-order valence-electron chi connectivity index (χ0n) is 69.8. The third kappa shape index (κ3) is 29.4. The van der Waals surface area contributed by atoms with Gasteiger partial charge in [-0.25, -0.2) is 26.4 Å². The zero-order chi connectivity index (χ0) is 86.8. The number of allylic oxidation sites excluding steroid dienone is 12. The number of imide groups is 4. The van der Waals surface area contributed by atoms with Crippen LogP contribution in [0.1, 0.15) is 184 Å². The van der Waals surface area contributed by atoms with E-state index >= 15 is 0 Å². The van der Waals surface area contributed by atoms with Crippen molar-refractivity contribution in [2.24, 2.45) is 21.0 Å². The summed E-state index contributed by atoms with van der Waals surface area (Å²) in [7, 11) is -8.82. The van der Waals surface area contributed by atoms with Crippen molar-refractivity contribution in [1.29, 1.82) is 0 Å². The van der Waals surface area contributed by atoms with Crippen LogP contribution in [0.5, 0.6) is 0 Å². The number of hydrogen-bond acceptors (Lipinski definition) is 34. The van der Waals surface area contributed by atoms with Crippen LogP contribution in [0, 0.1) is 10.8 Å². The monoisotopic (exact) mass is 1830 g/mol. The molecule has 0 spiro atoms. The minimum Gasteiger partial charge on any atom is -0.748 e. The summed E-state index contributed by atoms with van der Waals surface area (Å²) in [5.74, 6) is -8.75. The molecule has 10 rings (SSSR count). The maximum atomic E-state index is 12.8. The molecular weight excluding hydrogens is 1740 g/mol. The van der Waals surface area contributed by atoms with Gasteiger partial charge < -0.3 is 34.4 Å². The summed E-state index contributed by atoms with van der Waals surface area (Å²) >= 11 is 1.59. The SMILES string of the molecule is C.CC1=NN(CCC(=O)ON2C(=O)CCC2=O)\C(=C/C=C/C=C/C2=[N+](CCC(=O)ON3C(=O)CCC3=O)c3ccc(SOO[O-])cc3C2(C)C)C1(C)CCCS(=O)(=O)[O-].CCC[N+]1=C(/C=C/C=C/C=C2\N(CCC(=O)O)N=C(C)C2(C)CCCS(=O)(=O)[O-])C(C)(C)c2cc(SOO[O-])ccc21.O=C(ON1C(=O)CCC1=O)ON1C(=O)CCC1=O.[Na+].[Na+].[Na+].[Na+]. The van der Waals surface area contributed by atoms with E-state index in [4.69, 9.17) is 9.68 Å². The van der Waals surface area contributed by atoms with E-state index in [-0.39, 0.29) is 251 Å². The molecule has 8 aliphatic heterocycles. The van der Waals surface area contributed by atoms with Crippen molar-refractivity contribution in [3.05, 3.63) is 120 Å². The Morgan fingerprint density at radius 3 is 1.17 bits per heavy atom. The fraction of sp³-hybridized carbons (Fsp3) is 0.474. The van der Waals surface area contributed by atoms with Gasteiger partial charge in [-0.3, -0.25) is 72.9 Å². The molecule has 0 aromatic heterocycles. The minimum atomic E-state index is -4.48. The number of hydrogen-bond donors (Lipinski definition) is 1. The Morgan fingerprint density at radius 1 is 0.504 bits per heavy atom. The van der Waals surface area contributed by atoms with Crippen LogP contribution in [0.2, 0.25) is 0 Å². The molecule has 2 atom stereocenters. The summed E-state index contributed by atoms with van der Waals surface area (Å²) in [6.07, 6.45) is 17.7. The average Bonchev–Trinajstić information content (AvgIpc) is 1.72. The first kappa shape index (κ1) is 111. The van der Waals surface area contributed by atoms with Crippen molar-refractivity contribution in [2.45, 2.75) is 193 Å². The van der Waals surface area contributed by atoms with E-state index in [1.165, 1.54) is 0 Å². The van der Waals surface area contributed by atoms with Gasteiger partial charge in [0.25, 0.3) is 47.3 Å². The number of hydroxylamine groups is 8. The van der Waals surface area contributed by atoms with Crippen molar-refractivity contribution >= 4 is 150 Å². The summed E-state index contributed by atoms with van der Waals surface area (Å²) in [6, 6.07) is 11.2. The number of carboxylic acid groups (broad SMARTS) is 1. The number of benzene rings is 2. The van der Waals surface area contributed by atoms with E-state index in [2.05, 4.69) is 70.0 Å². The van der Waals surface area contributed by atoms with E-state index in [0.717, 1.165) is 87.3 Å². The summed E-state index contributed by atoms with van der Waals surface area (Å²) in [6.45, 7) is 18.7. The van der Waals surface area contributed by atoms with Gasteiger partial charge in [-0.2, -0.15) is 32.8 Å². The molecule has 8 amide bonds. The molecule has 0 radical (unpaired) electrons. The van der Waals surface area contributed by atoms with E-state index in [1.807, 2.05) is 93.8 Å². The molecule has 0 saturated carbocycles. The standard InChI is InChI=1S/C37H43N5O14S2.C29H39N3O8S2.C9H8N2O7.CH4.4Na/c1-24-37(4,19-8-22-58(50,51)52)29(40(38-24)21-18-35(48)54-42-32(45)15-16-33(42)46)10-7-5-6-9-28-36(2,3)26-23-25(57-56-55-49)11-12-27(26)39(28)20-17-34(47)53-41-30(43)13-14-31(41)44;1-6-17-31-24-14-13-22(41-40-39-35)20-23(24)28(3,4)25(31)11-8-7-9-12-26-29(5,16-10-19-42(36,37)38)21(2)30-32(26)18-15-27(33)34;12-5-1-2-6(13)10(5)17-9(16)18-11-7(14)3-4-8(11)15;;;;;/h5-7,9-12,23H,8,13-22H2,1-4H3,(H-,49,50,51,52);7-9,11-14,20H,6,10,15-19H2,1-5H3,(H2-,33,34,35,36,37,38);1-4H2;1H4;;;;/q;;;;4*+1/p-2. The molecule has 646 valence electrons. The minimum absolute atomic E-state index is 0. The molecule has 2 aromatic carbocycles. The Morgan fingerprint density at radius 2 is 0.837 bits per heavy atom. The van der Waals surface area contributed by atoms with Gasteiger partial charge in [0.1, 0.15) is 13.0 Å². The second-order valence-electron chi connectivity index (χ2n) is 29.1. The van der Waals surface area contributed by atoms with Gasteiger partial charge in [-0.1, -0.05) is 60.9 Å². The van der Waals surface area contributed by atoms with Crippen LogP contribution in [0.25, 0.3) is 0 Å². The Kier molecular flexibility index (Phi) is 44.4. The van der Waals surface area contributed by atoms with Gasteiger partial charge >= 0.3 is 142 Å². The van der Waals surface area contributed by atoms with E-state index in [9.17, 15) is 99.1 Å². The van der Waals surface area contributed by atoms with Crippen LogP contribution in [-0.4, -0.2) is 202 Å². The molecule has 47 heteroatoms. The summed E-state index contributed by atoms with van der Waals surface area (Å²) in [4.78, 5) is 160. The van der Waals surface area contributed by atoms with Crippen molar-refractivity contribution in [3.8, 4) is 0 Å². The van der Waals surface area contributed by atoms with Crippen LogP contribution in [-0.2, 0) is 122 Å². The Balaban J connectivity index is 0.000000524. The number of rotatable bonds is 35. The first-order valence-electron chi connectivity index (χ1n) is 37.0. The Bertz CT molecular complexity index is 4810. The van der Waals surface area contributed by atoms with Gasteiger partial charge in [0, 0.05) is 148 Å². The first-order valence-corrected chi connectivity index (χ1v) is 41.7. The molecule has 8 heterocycles. The summed E-state index contributed by atoms with van der Waals surface area (Å²) < 4.78 is 81.0. The fourth-order valence-corrected chi connectivity index (χ4v) is 15.8. The average molecular weight is 1830 g/mol. The number of aliphatic carboxylic acids is 1. The third-order valence-corrected chi connectivity index (χ3v) is 23.0. The van der Waals surface area contributed by atoms with Crippen molar-refractivity contribution in [1.82, 2.24) is 30.3 Å². The first-order chi connectivity index (χ1) is 55.6. The zero-order valence-corrected chi connectivity index (χ0v) is 81.0. The predicted molar refractivity (Wildman–Crippen MR) is 413 cm³/mol. The molecule has 2 unspecified atom stereocenters. The van der Waals surface area contributed by atoms with Crippen LogP contribution < -0.4 is 129 Å².